The van der Waals surface area contributed by atoms with Gasteiger partial charge in [0.25, 0.3) is 0 Å². The number of halogens is 1. The number of ether oxygens (including phenoxy) is 1. The van der Waals surface area contributed by atoms with E-state index >= 15 is 0 Å². The number of carbonyl (C=O) groups is 2. The number of rotatable bonds is 7. The zero-order valence-corrected chi connectivity index (χ0v) is 13.4. The van der Waals surface area contributed by atoms with Gasteiger partial charge in [-0.3, -0.25) is 0 Å². The van der Waals surface area contributed by atoms with Crippen molar-refractivity contribution in [3.05, 3.63) is 77.1 Å². The van der Waals surface area contributed by atoms with Gasteiger partial charge in [-0.1, -0.05) is 42.5 Å². The number of carbonyl (C=O) groups excluding carboxylic acids is 1. The molecule has 0 radical (unpaired) electrons. The molecule has 0 aliphatic carbocycles. The molecule has 6 heteroatoms. The first-order valence-corrected chi connectivity index (χ1v) is 7.70. The molecule has 2 aromatic carbocycles. The molecule has 0 heterocycles. The average molecular weight is 343 g/mol. The van der Waals surface area contributed by atoms with E-state index in [1.54, 1.807) is 6.08 Å². The van der Waals surface area contributed by atoms with Crippen LogP contribution < -0.4 is 5.32 Å². The van der Waals surface area contributed by atoms with Gasteiger partial charge >= 0.3 is 12.1 Å². The third kappa shape index (κ3) is 6.10. The highest BCUT2D eigenvalue weighted by Crippen LogP contribution is 2.13. The van der Waals surface area contributed by atoms with Crippen molar-refractivity contribution in [3.8, 4) is 0 Å². The highest BCUT2D eigenvalue weighted by atomic mass is 19.1. The number of aromatic carboxylic acids is 1. The van der Waals surface area contributed by atoms with E-state index in [0.29, 0.717) is 13.0 Å². The largest absolute Gasteiger partial charge is 0.478 e. The van der Waals surface area contributed by atoms with Crippen LogP contribution in [0.25, 0.3) is 6.08 Å². The molecule has 2 N–H and O–H groups in total. The van der Waals surface area contributed by atoms with E-state index in [0.717, 1.165) is 17.7 Å². The van der Waals surface area contributed by atoms with Crippen molar-refractivity contribution in [2.75, 3.05) is 6.54 Å². The normalized spacial score (nSPS) is 10.6. The summed E-state index contributed by atoms with van der Waals surface area (Å²) in [5, 5.41) is 11.6. The van der Waals surface area contributed by atoms with Crippen LogP contribution in [-0.4, -0.2) is 23.7 Å². The lowest BCUT2D eigenvalue weighted by atomic mass is 10.1. The highest BCUT2D eigenvalue weighted by molar-refractivity contribution is 5.92. The van der Waals surface area contributed by atoms with Gasteiger partial charge in [0.1, 0.15) is 12.4 Å². The van der Waals surface area contributed by atoms with Gasteiger partial charge < -0.3 is 15.2 Å². The number of hydrogen-bond acceptors (Lipinski definition) is 3. The number of benzene rings is 2. The number of carboxylic acid groups (broad SMARTS) is 1. The molecule has 1 amide bonds. The van der Waals surface area contributed by atoms with Crippen LogP contribution in [0.3, 0.4) is 0 Å². The fourth-order valence-electron chi connectivity index (χ4n) is 2.11. The Morgan fingerprint density at radius 3 is 2.64 bits per heavy atom. The SMILES string of the molecule is O=C(NCCC=Cc1cc(F)ccc1C(=O)O)OCc1ccccc1. The molecule has 25 heavy (non-hydrogen) atoms. The Balaban J connectivity index is 1.75. The summed E-state index contributed by atoms with van der Waals surface area (Å²) in [5.41, 5.74) is 1.19. The van der Waals surface area contributed by atoms with Crippen LogP contribution in [0.1, 0.15) is 27.9 Å². The topological polar surface area (TPSA) is 75.6 Å². The molecule has 2 aromatic rings. The molecule has 130 valence electrons. The van der Waals surface area contributed by atoms with Crippen molar-refractivity contribution in [2.24, 2.45) is 0 Å². The summed E-state index contributed by atoms with van der Waals surface area (Å²) >= 11 is 0. The number of alkyl carbamates (subject to hydrolysis) is 1. The van der Waals surface area contributed by atoms with Gasteiger partial charge in [-0.2, -0.15) is 0 Å². The van der Waals surface area contributed by atoms with Crippen LogP contribution in [0.2, 0.25) is 0 Å². The third-order valence-corrected chi connectivity index (χ3v) is 3.33. The smallest absolute Gasteiger partial charge is 0.407 e. The molecule has 2 rings (SSSR count). The maximum atomic E-state index is 13.2. The lowest BCUT2D eigenvalue weighted by Crippen LogP contribution is -2.24. The molecular weight excluding hydrogens is 325 g/mol. The van der Waals surface area contributed by atoms with Crippen LogP contribution in [0, 0.1) is 5.82 Å². The summed E-state index contributed by atoms with van der Waals surface area (Å²) in [5.74, 6) is -1.63. The maximum Gasteiger partial charge on any atom is 0.407 e. The minimum Gasteiger partial charge on any atom is -0.478 e. The molecule has 0 aromatic heterocycles. The summed E-state index contributed by atoms with van der Waals surface area (Å²) in [7, 11) is 0. The van der Waals surface area contributed by atoms with E-state index in [2.05, 4.69) is 5.32 Å². The molecule has 0 atom stereocenters. The second-order valence-electron chi connectivity index (χ2n) is 5.22. The molecule has 0 saturated carbocycles. The second-order valence-corrected chi connectivity index (χ2v) is 5.22. The van der Waals surface area contributed by atoms with Gasteiger partial charge in [-0.25, -0.2) is 14.0 Å². The van der Waals surface area contributed by atoms with Crippen molar-refractivity contribution in [1.29, 1.82) is 0 Å². The summed E-state index contributed by atoms with van der Waals surface area (Å²) < 4.78 is 18.3. The van der Waals surface area contributed by atoms with Crippen molar-refractivity contribution < 1.29 is 23.8 Å². The third-order valence-electron chi connectivity index (χ3n) is 3.33. The number of nitrogens with one attached hydrogen (secondary N) is 1. The molecule has 0 aliphatic rings. The van der Waals surface area contributed by atoms with Crippen molar-refractivity contribution >= 4 is 18.1 Å². The van der Waals surface area contributed by atoms with Crippen molar-refractivity contribution in [3.63, 3.8) is 0 Å². The Bertz CT molecular complexity index is 759. The van der Waals surface area contributed by atoms with E-state index in [1.165, 1.54) is 12.1 Å². The molecule has 0 bridgehead atoms. The maximum absolute atomic E-state index is 13.2. The van der Waals surface area contributed by atoms with Crippen molar-refractivity contribution in [2.45, 2.75) is 13.0 Å². The predicted octanol–water partition coefficient (Wildman–Crippen LogP) is 3.85. The monoisotopic (exact) mass is 343 g/mol. The van der Waals surface area contributed by atoms with E-state index in [-0.39, 0.29) is 17.7 Å². The minimum absolute atomic E-state index is 0.0212. The quantitative estimate of drug-likeness (QED) is 0.749. The Morgan fingerprint density at radius 1 is 1.16 bits per heavy atom. The molecule has 5 nitrogen and oxygen atoms in total. The molecule has 0 saturated heterocycles. The van der Waals surface area contributed by atoms with Gasteiger partial charge in [-0.15, -0.1) is 0 Å². The standard InChI is InChI=1S/C19H18FNO4/c20-16-9-10-17(18(22)23)15(12-16)8-4-5-11-21-19(24)25-13-14-6-2-1-3-7-14/h1-4,6-10,12H,5,11,13H2,(H,21,24)(H,22,23). The predicted molar refractivity (Wildman–Crippen MR) is 91.6 cm³/mol. The van der Waals surface area contributed by atoms with E-state index in [4.69, 9.17) is 9.84 Å². The van der Waals surface area contributed by atoms with Crippen LogP contribution in [0.4, 0.5) is 9.18 Å². The average Bonchev–Trinajstić information content (AvgIpc) is 2.60. The lowest BCUT2D eigenvalue weighted by molar-refractivity contribution is 0.0696. The number of hydrogen-bond donors (Lipinski definition) is 2. The molecule has 0 aliphatic heterocycles. The summed E-state index contributed by atoms with van der Waals surface area (Å²) in [6.45, 7) is 0.510. The van der Waals surface area contributed by atoms with Gasteiger partial charge in [0.2, 0.25) is 0 Å². The number of carboxylic acids is 1. The molecule has 0 fully saturated rings. The lowest BCUT2D eigenvalue weighted by Gasteiger charge is -2.06. The summed E-state index contributed by atoms with van der Waals surface area (Å²) in [6.07, 6.45) is 3.10. The Kier molecular flexibility index (Phi) is 6.71. The van der Waals surface area contributed by atoms with Gasteiger partial charge in [-0.05, 0) is 35.7 Å². The Hall–Kier alpha value is -3.15. The Morgan fingerprint density at radius 2 is 1.92 bits per heavy atom. The van der Waals surface area contributed by atoms with E-state index in [1.807, 2.05) is 30.3 Å². The zero-order valence-electron chi connectivity index (χ0n) is 13.4. The van der Waals surface area contributed by atoms with Crippen LogP contribution in [-0.2, 0) is 11.3 Å². The fourth-order valence-corrected chi connectivity index (χ4v) is 2.11. The first-order valence-electron chi connectivity index (χ1n) is 7.70. The highest BCUT2D eigenvalue weighted by Gasteiger charge is 2.08. The van der Waals surface area contributed by atoms with E-state index < -0.39 is 17.9 Å². The summed E-state index contributed by atoms with van der Waals surface area (Å²) in [4.78, 5) is 22.6. The molecule has 0 unspecified atom stereocenters. The fraction of sp³-hybridized carbons (Fsp3) is 0.158. The van der Waals surface area contributed by atoms with Gasteiger partial charge in [0.05, 0.1) is 5.56 Å². The Labute approximate surface area is 144 Å². The number of amides is 1. The first kappa shape index (κ1) is 18.2. The summed E-state index contributed by atoms with van der Waals surface area (Å²) in [6, 6.07) is 12.8. The van der Waals surface area contributed by atoms with Crippen LogP contribution in [0.15, 0.2) is 54.6 Å². The van der Waals surface area contributed by atoms with Crippen LogP contribution in [0.5, 0.6) is 0 Å². The molecule has 0 spiro atoms. The zero-order chi connectivity index (χ0) is 18.1. The van der Waals surface area contributed by atoms with E-state index in [9.17, 15) is 14.0 Å². The first-order chi connectivity index (χ1) is 12.1. The van der Waals surface area contributed by atoms with Crippen molar-refractivity contribution in [1.82, 2.24) is 5.32 Å². The molecular formula is C19H18FNO4. The second kappa shape index (κ2) is 9.22. The minimum atomic E-state index is -1.12. The van der Waals surface area contributed by atoms with Crippen LogP contribution >= 0.6 is 0 Å². The van der Waals surface area contributed by atoms with Gasteiger partial charge in [0.15, 0.2) is 0 Å². The van der Waals surface area contributed by atoms with Gasteiger partial charge in [0, 0.05) is 6.54 Å².